The van der Waals surface area contributed by atoms with E-state index < -0.39 is 11.5 Å². The highest BCUT2D eigenvalue weighted by Gasteiger charge is 2.29. The summed E-state index contributed by atoms with van der Waals surface area (Å²) in [5.74, 6) is -0.907. The Bertz CT molecular complexity index is 1110. The number of rotatable bonds is 3. The lowest BCUT2D eigenvalue weighted by Gasteiger charge is -2.15. The third kappa shape index (κ3) is 2.79. The van der Waals surface area contributed by atoms with Crippen molar-refractivity contribution < 1.29 is 9.90 Å². The monoisotopic (exact) mass is 387 g/mol. The van der Waals surface area contributed by atoms with Gasteiger partial charge in [0.2, 0.25) is 0 Å². The lowest BCUT2D eigenvalue weighted by atomic mass is 9.96. The van der Waals surface area contributed by atoms with E-state index in [-0.39, 0.29) is 5.56 Å². The summed E-state index contributed by atoms with van der Waals surface area (Å²) >= 11 is 12.3. The van der Waals surface area contributed by atoms with Crippen LogP contribution in [0.3, 0.4) is 0 Å². The van der Waals surface area contributed by atoms with E-state index in [1.165, 1.54) is 4.40 Å². The highest BCUT2D eigenvalue weighted by atomic mass is 35.5. The van der Waals surface area contributed by atoms with Gasteiger partial charge in [-0.15, -0.1) is 0 Å². The number of hydrogen-bond donors (Lipinski definition) is 1. The van der Waals surface area contributed by atoms with Gasteiger partial charge in [-0.1, -0.05) is 23.2 Å². The SMILES string of the molecule is Cc1c(-c2cc(Cl)cc(Cl)c2)ccn2c(=O)c(C(=O)O)cc(C3CC3)c12. The van der Waals surface area contributed by atoms with Crippen LogP contribution in [0.1, 0.15) is 40.2 Å². The number of nitrogens with zero attached hydrogens (tertiary/aromatic N) is 1. The smallest absolute Gasteiger partial charge is 0.341 e. The maximum atomic E-state index is 12.6. The first-order valence-electron chi connectivity index (χ1n) is 8.25. The molecular formula is C20H15Cl2NO3. The van der Waals surface area contributed by atoms with Gasteiger partial charge < -0.3 is 5.11 Å². The molecule has 0 amide bonds. The van der Waals surface area contributed by atoms with Gasteiger partial charge in [-0.05, 0) is 78.3 Å². The summed E-state index contributed by atoms with van der Waals surface area (Å²) in [5.41, 5.74) is 3.66. The molecule has 0 bridgehead atoms. The Balaban J connectivity index is 2.06. The summed E-state index contributed by atoms with van der Waals surface area (Å²) in [6, 6.07) is 8.66. The zero-order valence-electron chi connectivity index (χ0n) is 13.9. The predicted octanol–water partition coefficient (Wildman–Crippen LogP) is 5.16. The molecule has 1 saturated carbocycles. The van der Waals surface area contributed by atoms with Crippen LogP contribution in [0, 0.1) is 6.92 Å². The lowest BCUT2D eigenvalue weighted by Crippen LogP contribution is -2.23. The first-order valence-corrected chi connectivity index (χ1v) is 9.01. The first-order chi connectivity index (χ1) is 12.4. The first kappa shape index (κ1) is 17.1. The molecule has 26 heavy (non-hydrogen) atoms. The van der Waals surface area contributed by atoms with Crippen molar-refractivity contribution in [1.29, 1.82) is 0 Å². The zero-order chi connectivity index (χ0) is 18.6. The molecule has 0 unspecified atom stereocenters. The number of hydrogen-bond acceptors (Lipinski definition) is 2. The molecule has 6 heteroatoms. The number of carbonyl (C=O) groups is 1. The molecule has 0 atom stereocenters. The van der Waals surface area contributed by atoms with Crippen molar-refractivity contribution >= 4 is 34.7 Å². The number of aryl methyl sites for hydroxylation is 1. The number of carboxylic acids is 1. The van der Waals surface area contributed by atoms with Crippen molar-refractivity contribution in [2.75, 3.05) is 0 Å². The Hall–Kier alpha value is -2.30. The molecule has 0 spiro atoms. The molecule has 0 saturated heterocycles. The fourth-order valence-electron chi connectivity index (χ4n) is 3.48. The summed E-state index contributed by atoms with van der Waals surface area (Å²) in [4.78, 5) is 24.1. The van der Waals surface area contributed by atoms with Gasteiger partial charge in [0.25, 0.3) is 5.56 Å². The maximum Gasteiger partial charge on any atom is 0.341 e. The molecule has 2 aromatic heterocycles. The maximum absolute atomic E-state index is 12.6. The van der Waals surface area contributed by atoms with Crippen LogP contribution in [0.5, 0.6) is 0 Å². The van der Waals surface area contributed by atoms with Crippen LogP contribution >= 0.6 is 23.2 Å². The van der Waals surface area contributed by atoms with Crippen molar-refractivity contribution in [2.24, 2.45) is 0 Å². The van der Waals surface area contributed by atoms with Crippen molar-refractivity contribution in [3.63, 3.8) is 0 Å². The summed E-state index contributed by atoms with van der Waals surface area (Å²) in [6.07, 6.45) is 3.63. The van der Waals surface area contributed by atoms with Gasteiger partial charge in [0, 0.05) is 16.2 Å². The van der Waals surface area contributed by atoms with Gasteiger partial charge in [-0.3, -0.25) is 9.20 Å². The van der Waals surface area contributed by atoms with Crippen molar-refractivity contribution in [1.82, 2.24) is 4.40 Å². The Morgan fingerprint density at radius 1 is 1.15 bits per heavy atom. The second kappa shape index (κ2) is 6.15. The third-order valence-electron chi connectivity index (χ3n) is 4.83. The molecule has 0 radical (unpaired) electrons. The standard InChI is InChI=1S/C20H15Cl2NO3/c1-10-15(12-6-13(21)8-14(22)7-12)4-5-23-18(10)16(11-2-3-11)9-17(19(23)24)20(25)26/h4-9,11H,2-3H2,1H3,(H,25,26). The summed E-state index contributed by atoms with van der Waals surface area (Å²) in [7, 11) is 0. The second-order valence-corrected chi connectivity index (χ2v) is 7.50. The van der Waals surface area contributed by atoms with E-state index >= 15 is 0 Å². The minimum atomic E-state index is -1.20. The van der Waals surface area contributed by atoms with Crippen LogP contribution in [-0.4, -0.2) is 15.5 Å². The number of aromatic carboxylic acids is 1. The molecule has 1 N–H and O–H groups in total. The fraction of sp³-hybridized carbons (Fsp3) is 0.200. The Morgan fingerprint density at radius 3 is 2.38 bits per heavy atom. The summed E-state index contributed by atoms with van der Waals surface area (Å²) in [6.45, 7) is 1.94. The van der Waals surface area contributed by atoms with E-state index in [4.69, 9.17) is 23.2 Å². The highest BCUT2D eigenvalue weighted by Crippen LogP contribution is 2.43. The summed E-state index contributed by atoms with van der Waals surface area (Å²) < 4.78 is 1.45. The van der Waals surface area contributed by atoms with E-state index in [2.05, 4.69) is 0 Å². The minimum absolute atomic E-state index is 0.192. The molecular weight excluding hydrogens is 373 g/mol. The van der Waals surface area contributed by atoms with E-state index in [0.717, 1.165) is 40.6 Å². The topological polar surface area (TPSA) is 58.8 Å². The number of aromatic nitrogens is 1. The fourth-order valence-corrected chi connectivity index (χ4v) is 4.00. The largest absolute Gasteiger partial charge is 0.477 e. The zero-order valence-corrected chi connectivity index (χ0v) is 15.4. The molecule has 1 aromatic carbocycles. The third-order valence-corrected chi connectivity index (χ3v) is 5.27. The number of carboxylic acid groups (broad SMARTS) is 1. The molecule has 4 rings (SSSR count). The highest BCUT2D eigenvalue weighted by molar-refractivity contribution is 6.35. The van der Waals surface area contributed by atoms with Crippen LogP contribution in [0.4, 0.5) is 0 Å². The molecule has 0 aliphatic heterocycles. The number of fused-ring (bicyclic) bond motifs is 1. The quantitative estimate of drug-likeness (QED) is 0.675. The Kier molecular flexibility index (Phi) is 4.05. The number of benzene rings is 1. The summed E-state index contributed by atoms with van der Waals surface area (Å²) in [5, 5.41) is 10.4. The van der Waals surface area contributed by atoms with Crippen molar-refractivity contribution in [3.8, 4) is 11.1 Å². The normalized spacial score (nSPS) is 14.0. The van der Waals surface area contributed by atoms with Crippen LogP contribution in [0.2, 0.25) is 10.0 Å². The van der Waals surface area contributed by atoms with Crippen LogP contribution in [0.15, 0.2) is 41.3 Å². The van der Waals surface area contributed by atoms with E-state index in [0.29, 0.717) is 16.0 Å². The average molecular weight is 388 g/mol. The van der Waals surface area contributed by atoms with Gasteiger partial charge in [0.05, 0.1) is 5.52 Å². The van der Waals surface area contributed by atoms with E-state index in [9.17, 15) is 14.7 Å². The second-order valence-electron chi connectivity index (χ2n) is 6.63. The average Bonchev–Trinajstić information content (AvgIpc) is 3.39. The number of halogens is 2. The molecule has 2 heterocycles. The lowest BCUT2D eigenvalue weighted by molar-refractivity contribution is 0.0694. The molecule has 1 aliphatic rings. The predicted molar refractivity (Wildman–Crippen MR) is 103 cm³/mol. The Morgan fingerprint density at radius 2 is 1.81 bits per heavy atom. The van der Waals surface area contributed by atoms with Gasteiger partial charge in [0.1, 0.15) is 5.56 Å². The van der Waals surface area contributed by atoms with Crippen molar-refractivity contribution in [3.05, 3.63) is 73.6 Å². The van der Waals surface area contributed by atoms with E-state index in [1.54, 1.807) is 24.4 Å². The van der Waals surface area contributed by atoms with Gasteiger partial charge in [-0.2, -0.15) is 0 Å². The Labute approximate surface area is 159 Å². The van der Waals surface area contributed by atoms with E-state index in [1.807, 2.05) is 19.1 Å². The molecule has 4 nitrogen and oxygen atoms in total. The van der Waals surface area contributed by atoms with Gasteiger partial charge in [0.15, 0.2) is 0 Å². The van der Waals surface area contributed by atoms with Gasteiger partial charge in [-0.25, -0.2) is 4.79 Å². The van der Waals surface area contributed by atoms with Crippen LogP contribution in [-0.2, 0) is 0 Å². The molecule has 1 fully saturated rings. The van der Waals surface area contributed by atoms with Crippen LogP contribution < -0.4 is 5.56 Å². The number of pyridine rings is 2. The molecule has 1 aliphatic carbocycles. The van der Waals surface area contributed by atoms with Crippen molar-refractivity contribution in [2.45, 2.75) is 25.7 Å². The van der Waals surface area contributed by atoms with Crippen LogP contribution in [0.25, 0.3) is 16.6 Å². The minimum Gasteiger partial charge on any atom is -0.477 e. The van der Waals surface area contributed by atoms with Gasteiger partial charge >= 0.3 is 5.97 Å². The molecule has 132 valence electrons. The molecule has 3 aromatic rings.